The molecule has 10 aromatic rings. The van der Waals surface area contributed by atoms with Crippen molar-refractivity contribution in [2.75, 3.05) is 9.80 Å². The van der Waals surface area contributed by atoms with Gasteiger partial charge in [-0.2, -0.15) is 0 Å². The molecule has 0 radical (unpaired) electrons. The molecule has 0 saturated heterocycles. The minimum absolute atomic E-state index is 0.156. The molecular formula is C60H46N2. The van der Waals surface area contributed by atoms with Crippen molar-refractivity contribution in [3.05, 3.63) is 229 Å². The van der Waals surface area contributed by atoms with E-state index in [1.807, 2.05) is 0 Å². The van der Waals surface area contributed by atoms with Gasteiger partial charge in [0.1, 0.15) is 0 Å². The summed E-state index contributed by atoms with van der Waals surface area (Å²) in [5.41, 5.74) is 17.0. The summed E-state index contributed by atoms with van der Waals surface area (Å²) >= 11 is 0. The maximum Gasteiger partial charge on any atom is 0.0781 e. The fourth-order valence-electron chi connectivity index (χ4n) is 10.9. The van der Waals surface area contributed by atoms with Crippen molar-refractivity contribution in [2.24, 2.45) is 0 Å². The van der Waals surface area contributed by atoms with Crippen LogP contribution in [0.3, 0.4) is 0 Å². The van der Waals surface area contributed by atoms with E-state index >= 15 is 0 Å². The molecule has 0 aromatic heterocycles. The molecule has 0 atom stereocenters. The molecule has 2 aliphatic rings. The van der Waals surface area contributed by atoms with Gasteiger partial charge < -0.3 is 9.80 Å². The number of hydrogen-bond donors (Lipinski definition) is 0. The number of anilines is 6. The minimum atomic E-state index is -0.274. The van der Waals surface area contributed by atoms with Gasteiger partial charge in [0.15, 0.2) is 0 Å². The molecule has 0 bridgehead atoms. The molecule has 0 N–H and O–H groups in total. The summed E-state index contributed by atoms with van der Waals surface area (Å²) in [5.74, 6) is 0. The summed E-state index contributed by atoms with van der Waals surface area (Å²) in [6.07, 6.45) is 0. The van der Waals surface area contributed by atoms with Gasteiger partial charge in [-0.1, -0.05) is 191 Å². The molecule has 2 nitrogen and oxygen atoms in total. The van der Waals surface area contributed by atoms with Gasteiger partial charge in [0, 0.05) is 27.3 Å². The molecular weight excluding hydrogens is 749 g/mol. The fourth-order valence-corrected chi connectivity index (χ4v) is 10.9. The Morgan fingerprint density at radius 3 is 1.73 bits per heavy atom. The molecule has 296 valence electrons. The SMILES string of the molecule is CC1(C)c2ccccc2-c2ccc(N(c3ccc4ccccc4c3N3c4ccccc4C(C)(C)c4cc(-c5cccc6ccccc56)ccc43)c3cccc4ccccc34)cc21. The highest BCUT2D eigenvalue weighted by molar-refractivity contribution is 6.11. The van der Waals surface area contributed by atoms with Crippen molar-refractivity contribution in [3.8, 4) is 22.3 Å². The Balaban J connectivity index is 1.16. The quantitative estimate of drug-likeness (QED) is 0.171. The fraction of sp³-hybridized carbons (Fsp3) is 0.100. The average Bonchev–Trinajstić information content (AvgIpc) is 3.54. The van der Waals surface area contributed by atoms with E-state index in [9.17, 15) is 0 Å². The van der Waals surface area contributed by atoms with Gasteiger partial charge in [0.05, 0.1) is 28.4 Å². The Kier molecular flexibility index (Phi) is 7.96. The largest absolute Gasteiger partial charge is 0.308 e. The van der Waals surface area contributed by atoms with Crippen molar-refractivity contribution in [2.45, 2.75) is 38.5 Å². The second kappa shape index (κ2) is 13.5. The van der Waals surface area contributed by atoms with E-state index in [0.717, 1.165) is 22.7 Å². The number of nitrogens with zero attached hydrogens (tertiary/aromatic N) is 2. The summed E-state index contributed by atoms with van der Waals surface area (Å²) in [6, 6.07) is 76.9. The zero-order valence-corrected chi connectivity index (χ0v) is 35.5. The van der Waals surface area contributed by atoms with E-state index in [2.05, 4.69) is 244 Å². The lowest BCUT2D eigenvalue weighted by Crippen LogP contribution is -2.31. The van der Waals surface area contributed by atoms with E-state index in [4.69, 9.17) is 0 Å². The Labute approximate surface area is 364 Å². The third kappa shape index (κ3) is 5.29. The first-order chi connectivity index (χ1) is 30.3. The standard InChI is InChI=1S/C60H46N2/c1-59(2)50-27-12-11-25-48(50)49-34-33-43(38-52(49)59)61(54-30-16-21-40-18-6-9-23-46(40)54)57-36-31-41-19-7-10-24-47(41)58(57)62-55-29-14-13-28-51(55)60(3,4)53-37-42(32-35-56(53)62)45-26-15-20-39-17-5-8-22-44(39)45/h5-38H,1-4H3. The van der Waals surface area contributed by atoms with Gasteiger partial charge >= 0.3 is 0 Å². The van der Waals surface area contributed by atoms with Crippen LogP contribution >= 0.6 is 0 Å². The topological polar surface area (TPSA) is 6.48 Å². The van der Waals surface area contributed by atoms with Crippen molar-refractivity contribution in [1.29, 1.82) is 0 Å². The zero-order valence-electron chi connectivity index (χ0n) is 35.5. The summed E-state index contributed by atoms with van der Waals surface area (Å²) in [7, 11) is 0. The summed E-state index contributed by atoms with van der Waals surface area (Å²) < 4.78 is 0. The summed E-state index contributed by atoms with van der Waals surface area (Å²) in [6.45, 7) is 9.54. The minimum Gasteiger partial charge on any atom is -0.308 e. The lowest BCUT2D eigenvalue weighted by Gasteiger charge is -2.44. The predicted octanol–water partition coefficient (Wildman–Crippen LogP) is 16.7. The molecule has 2 heteroatoms. The first-order valence-corrected chi connectivity index (χ1v) is 21.9. The van der Waals surface area contributed by atoms with Crippen molar-refractivity contribution in [3.63, 3.8) is 0 Å². The second-order valence-electron chi connectivity index (χ2n) is 18.1. The molecule has 0 saturated carbocycles. The van der Waals surface area contributed by atoms with E-state index < -0.39 is 0 Å². The number of para-hydroxylation sites is 1. The van der Waals surface area contributed by atoms with Gasteiger partial charge in [0.25, 0.3) is 0 Å². The maximum absolute atomic E-state index is 2.58. The predicted molar refractivity (Wildman–Crippen MR) is 263 cm³/mol. The van der Waals surface area contributed by atoms with Gasteiger partial charge in [-0.25, -0.2) is 0 Å². The molecule has 1 aliphatic carbocycles. The van der Waals surface area contributed by atoms with Crippen LogP contribution in [0.5, 0.6) is 0 Å². The highest BCUT2D eigenvalue weighted by Crippen LogP contribution is 2.58. The van der Waals surface area contributed by atoms with Gasteiger partial charge in [-0.15, -0.1) is 0 Å². The second-order valence-corrected chi connectivity index (χ2v) is 18.1. The average molecular weight is 795 g/mol. The number of fused-ring (bicyclic) bond motifs is 8. The number of rotatable bonds is 5. The molecule has 0 unspecified atom stereocenters. The third-order valence-corrected chi connectivity index (χ3v) is 14.0. The Morgan fingerprint density at radius 2 is 0.919 bits per heavy atom. The van der Waals surface area contributed by atoms with Crippen molar-refractivity contribution >= 4 is 66.4 Å². The van der Waals surface area contributed by atoms with Crippen LogP contribution in [0.15, 0.2) is 206 Å². The maximum atomic E-state index is 2.58. The summed E-state index contributed by atoms with van der Waals surface area (Å²) in [4.78, 5) is 5.11. The van der Waals surface area contributed by atoms with Crippen molar-refractivity contribution in [1.82, 2.24) is 0 Å². The Morgan fingerprint density at radius 1 is 0.355 bits per heavy atom. The lowest BCUT2D eigenvalue weighted by molar-refractivity contribution is 0.632. The van der Waals surface area contributed by atoms with Crippen LogP contribution < -0.4 is 9.80 Å². The molecule has 0 amide bonds. The highest BCUT2D eigenvalue weighted by atomic mass is 15.2. The monoisotopic (exact) mass is 794 g/mol. The molecule has 62 heavy (non-hydrogen) atoms. The van der Waals surface area contributed by atoms with E-state index in [-0.39, 0.29) is 10.8 Å². The third-order valence-electron chi connectivity index (χ3n) is 14.0. The van der Waals surface area contributed by atoms with E-state index in [1.54, 1.807) is 0 Å². The zero-order chi connectivity index (χ0) is 41.7. The molecule has 0 spiro atoms. The first-order valence-electron chi connectivity index (χ1n) is 21.9. The molecule has 12 rings (SSSR count). The summed E-state index contributed by atoms with van der Waals surface area (Å²) in [5, 5.41) is 7.33. The van der Waals surface area contributed by atoms with Gasteiger partial charge in [0.2, 0.25) is 0 Å². The van der Waals surface area contributed by atoms with Crippen LogP contribution in [0.1, 0.15) is 49.9 Å². The lowest BCUT2D eigenvalue weighted by atomic mass is 9.72. The Hall–Kier alpha value is -7.42. The normalized spacial score (nSPS) is 14.4. The first kappa shape index (κ1) is 36.4. The van der Waals surface area contributed by atoms with E-state index in [0.29, 0.717) is 0 Å². The Bertz CT molecular complexity index is 3430. The molecule has 10 aromatic carbocycles. The van der Waals surface area contributed by atoms with Gasteiger partial charge in [-0.05, 0) is 109 Å². The molecule has 0 fully saturated rings. The van der Waals surface area contributed by atoms with Crippen LogP contribution in [-0.4, -0.2) is 0 Å². The van der Waals surface area contributed by atoms with Crippen LogP contribution in [0.2, 0.25) is 0 Å². The molecule has 1 heterocycles. The number of benzene rings is 10. The molecule has 1 aliphatic heterocycles. The highest BCUT2D eigenvalue weighted by Gasteiger charge is 2.40. The van der Waals surface area contributed by atoms with Gasteiger partial charge in [-0.3, -0.25) is 0 Å². The van der Waals surface area contributed by atoms with Crippen LogP contribution in [0, 0.1) is 0 Å². The van der Waals surface area contributed by atoms with Crippen LogP contribution in [0.4, 0.5) is 34.1 Å². The van der Waals surface area contributed by atoms with Crippen molar-refractivity contribution < 1.29 is 0 Å². The smallest absolute Gasteiger partial charge is 0.0781 e. The van der Waals surface area contributed by atoms with Crippen LogP contribution in [-0.2, 0) is 10.8 Å². The number of hydrogen-bond acceptors (Lipinski definition) is 2. The van der Waals surface area contributed by atoms with Crippen LogP contribution in [0.25, 0.3) is 54.6 Å². The van der Waals surface area contributed by atoms with E-state index in [1.165, 1.54) is 88.2 Å².